The Bertz CT molecular complexity index is 598. The number of unbranched alkanes of at least 4 members (excludes halogenated alkanes) is 1. The normalized spacial score (nSPS) is 18.6. The lowest BCUT2D eigenvalue weighted by Crippen LogP contribution is -2.38. The fourth-order valence-electron chi connectivity index (χ4n) is 4.04. The predicted molar refractivity (Wildman–Crippen MR) is 136 cm³/mol. The third kappa shape index (κ3) is 9.49. The maximum absolute atomic E-state index is 5.40. The summed E-state index contributed by atoms with van der Waals surface area (Å²) in [5.74, 6) is 0.883. The SMILES string of the molecule is CN=C(NCCCCN1CCOCC1)NCc1ccc(CN2CCCCC2)cc1.I. The van der Waals surface area contributed by atoms with Crippen molar-refractivity contribution in [3.63, 3.8) is 0 Å². The molecule has 0 atom stereocenters. The molecule has 2 aliphatic heterocycles. The highest BCUT2D eigenvalue weighted by Crippen LogP contribution is 2.13. The molecule has 2 aliphatic rings. The number of nitrogens with one attached hydrogen (secondary N) is 2. The van der Waals surface area contributed by atoms with Crippen LogP contribution in [0.1, 0.15) is 43.2 Å². The summed E-state index contributed by atoms with van der Waals surface area (Å²) in [6.07, 6.45) is 6.46. The first-order valence-electron chi connectivity index (χ1n) is 11.4. The first-order chi connectivity index (χ1) is 14.3. The summed E-state index contributed by atoms with van der Waals surface area (Å²) in [6.45, 7) is 10.4. The number of hydrogen-bond donors (Lipinski definition) is 2. The number of hydrogen-bond acceptors (Lipinski definition) is 4. The standard InChI is InChI=1S/C23H39N5O.HI/c1-24-23(25-11-3-6-12-27-15-17-29-18-16-27)26-19-21-7-9-22(10-8-21)20-28-13-4-2-5-14-28;/h7-10H,2-6,11-20H2,1H3,(H2,24,25,26);1H. The van der Waals surface area contributed by atoms with Gasteiger partial charge < -0.3 is 15.4 Å². The van der Waals surface area contributed by atoms with Crippen LogP contribution in [0.25, 0.3) is 0 Å². The molecule has 0 amide bonds. The molecule has 0 spiro atoms. The van der Waals surface area contributed by atoms with Crippen LogP contribution in [-0.2, 0) is 17.8 Å². The van der Waals surface area contributed by atoms with Gasteiger partial charge in [-0.25, -0.2) is 0 Å². The zero-order valence-corrected chi connectivity index (χ0v) is 20.9. The second-order valence-corrected chi connectivity index (χ2v) is 8.17. The molecule has 0 radical (unpaired) electrons. The van der Waals surface area contributed by atoms with E-state index in [9.17, 15) is 0 Å². The number of piperidine rings is 1. The first kappa shape index (κ1) is 25.4. The number of nitrogens with zero attached hydrogens (tertiary/aromatic N) is 3. The highest BCUT2D eigenvalue weighted by Gasteiger charge is 2.10. The summed E-state index contributed by atoms with van der Waals surface area (Å²) < 4.78 is 5.40. The van der Waals surface area contributed by atoms with Crippen LogP contribution in [0.5, 0.6) is 0 Å². The average molecular weight is 530 g/mol. The Hall–Kier alpha value is -0.900. The van der Waals surface area contributed by atoms with E-state index in [1.54, 1.807) is 0 Å². The molecule has 3 rings (SSSR count). The fraction of sp³-hybridized carbons (Fsp3) is 0.696. The quantitative estimate of drug-likeness (QED) is 0.223. The predicted octanol–water partition coefficient (Wildman–Crippen LogP) is 3.07. The molecule has 0 aromatic heterocycles. The van der Waals surface area contributed by atoms with Gasteiger partial charge in [-0.1, -0.05) is 30.7 Å². The molecule has 170 valence electrons. The van der Waals surface area contributed by atoms with Gasteiger partial charge in [0.25, 0.3) is 0 Å². The van der Waals surface area contributed by atoms with Crippen molar-refractivity contribution >= 4 is 29.9 Å². The van der Waals surface area contributed by atoms with E-state index in [2.05, 4.69) is 49.7 Å². The van der Waals surface area contributed by atoms with Gasteiger partial charge in [0.1, 0.15) is 0 Å². The average Bonchev–Trinajstić information content (AvgIpc) is 2.78. The number of guanidine groups is 1. The van der Waals surface area contributed by atoms with Crippen LogP contribution in [-0.4, -0.2) is 75.3 Å². The van der Waals surface area contributed by atoms with Gasteiger partial charge in [-0.15, -0.1) is 24.0 Å². The number of benzene rings is 1. The molecule has 0 aliphatic carbocycles. The van der Waals surface area contributed by atoms with E-state index >= 15 is 0 Å². The van der Waals surface area contributed by atoms with Gasteiger partial charge in [-0.2, -0.15) is 0 Å². The lowest BCUT2D eigenvalue weighted by molar-refractivity contribution is 0.0372. The van der Waals surface area contributed by atoms with Crippen LogP contribution in [0.15, 0.2) is 29.3 Å². The first-order valence-corrected chi connectivity index (χ1v) is 11.4. The van der Waals surface area contributed by atoms with Crippen molar-refractivity contribution < 1.29 is 4.74 Å². The summed E-state index contributed by atoms with van der Waals surface area (Å²) in [5, 5.41) is 6.86. The Balaban J connectivity index is 0.00000320. The van der Waals surface area contributed by atoms with E-state index in [0.717, 1.165) is 58.3 Å². The van der Waals surface area contributed by atoms with Gasteiger partial charge in [0, 0.05) is 39.8 Å². The third-order valence-corrected chi connectivity index (χ3v) is 5.86. The number of likely N-dealkylation sites (tertiary alicyclic amines) is 1. The monoisotopic (exact) mass is 529 g/mol. The minimum atomic E-state index is 0. The molecule has 1 aromatic carbocycles. The Kier molecular flexibility index (Phi) is 12.7. The van der Waals surface area contributed by atoms with Crippen LogP contribution in [0.3, 0.4) is 0 Å². The maximum Gasteiger partial charge on any atom is 0.191 e. The molecule has 0 saturated carbocycles. The number of morpholine rings is 1. The summed E-state index contributed by atoms with van der Waals surface area (Å²) in [5.41, 5.74) is 2.71. The molecule has 7 heteroatoms. The van der Waals surface area contributed by atoms with Crippen LogP contribution < -0.4 is 10.6 Å². The Morgan fingerprint density at radius 3 is 2.30 bits per heavy atom. The van der Waals surface area contributed by atoms with Gasteiger partial charge >= 0.3 is 0 Å². The van der Waals surface area contributed by atoms with Crippen LogP contribution >= 0.6 is 24.0 Å². The highest BCUT2D eigenvalue weighted by atomic mass is 127. The molecule has 2 N–H and O–H groups in total. The van der Waals surface area contributed by atoms with Crippen molar-refractivity contribution in [3.8, 4) is 0 Å². The molecule has 2 fully saturated rings. The highest BCUT2D eigenvalue weighted by molar-refractivity contribution is 14.0. The molecular formula is C23H40IN5O. The van der Waals surface area contributed by atoms with Crippen molar-refractivity contribution in [1.29, 1.82) is 0 Å². The van der Waals surface area contributed by atoms with Gasteiger partial charge in [0.05, 0.1) is 13.2 Å². The Labute approximate surface area is 199 Å². The van der Waals surface area contributed by atoms with E-state index in [1.807, 2.05) is 7.05 Å². The molecule has 6 nitrogen and oxygen atoms in total. The van der Waals surface area contributed by atoms with Crippen LogP contribution in [0, 0.1) is 0 Å². The minimum Gasteiger partial charge on any atom is -0.379 e. The molecule has 0 bridgehead atoms. The van der Waals surface area contributed by atoms with Crippen molar-refractivity contribution in [2.75, 3.05) is 59.5 Å². The topological polar surface area (TPSA) is 52.1 Å². The third-order valence-electron chi connectivity index (χ3n) is 5.86. The van der Waals surface area contributed by atoms with E-state index in [4.69, 9.17) is 4.74 Å². The number of rotatable bonds is 9. The second kappa shape index (κ2) is 15.0. The molecule has 2 heterocycles. The number of aliphatic imine (C=N–C) groups is 1. The molecule has 2 saturated heterocycles. The number of ether oxygens (including phenoxy) is 1. The summed E-state index contributed by atoms with van der Waals surface area (Å²) in [4.78, 5) is 9.41. The van der Waals surface area contributed by atoms with Crippen molar-refractivity contribution in [2.24, 2.45) is 4.99 Å². The summed E-state index contributed by atoms with van der Waals surface area (Å²) in [7, 11) is 1.84. The van der Waals surface area contributed by atoms with Gasteiger partial charge in [-0.05, 0) is 56.4 Å². The summed E-state index contributed by atoms with van der Waals surface area (Å²) >= 11 is 0. The molecule has 30 heavy (non-hydrogen) atoms. The van der Waals surface area contributed by atoms with Gasteiger partial charge in [-0.3, -0.25) is 14.8 Å². The van der Waals surface area contributed by atoms with Crippen molar-refractivity contribution in [3.05, 3.63) is 35.4 Å². The van der Waals surface area contributed by atoms with Crippen LogP contribution in [0.2, 0.25) is 0 Å². The summed E-state index contributed by atoms with van der Waals surface area (Å²) in [6, 6.07) is 9.02. The van der Waals surface area contributed by atoms with Crippen molar-refractivity contribution in [2.45, 2.75) is 45.2 Å². The lowest BCUT2D eigenvalue weighted by Gasteiger charge is -2.26. The van der Waals surface area contributed by atoms with Crippen LogP contribution in [0.4, 0.5) is 0 Å². The molecule has 0 unspecified atom stereocenters. The van der Waals surface area contributed by atoms with E-state index < -0.39 is 0 Å². The minimum absolute atomic E-state index is 0. The maximum atomic E-state index is 5.40. The van der Waals surface area contributed by atoms with E-state index in [0.29, 0.717) is 0 Å². The smallest absolute Gasteiger partial charge is 0.191 e. The molecule has 1 aromatic rings. The Morgan fingerprint density at radius 1 is 0.900 bits per heavy atom. The fourth-order valence-corrected chi connectivity index (χ4v) is 4.04. The Morgan fingerprint density at radius 2 is 1.60 bits per heavy atom. The van der Waals surface area contributed by atoms with E-state index in [-0.39, 0.29) is 24.0 Å². The molecular weight excluding hydrogens is 489 g/mol. The zero-order valence-electron chi connectivity index (χ0n) is 18.6. The van der Waals surface area contributed by atoms with Gasteiger partial charge in [0.15, 0.2) is 5.96 Å². The van der Waals surface area contributed by atoms with Gasteiger partial charge in [0.2, 0.25) is 0 Å². The zero-order chi connectivity index (χ0) is 20.2. The largest absolute Gasteiger partial charge is 0.379 e. The number of halogens is 1. The van der Waals surface area contributed by atoms with E-state index in [1.165, 1.54) is 56.4 Å². The van der Waals surface area contributed by atoms with Crippen molar-refractivity contribution in [1.82, 2.24) is 20.4 Å². The lowest BCUT2D eigenvalue weighted by atomic mass is 10.1. The second-order valence-electron chi connectivity index (χ2n) is 8.17.